The Bertz CT molecular complexity index is 259. The van der Waals surface area contributed by atoms with Crippen LogP contribution in [0.25, 0.3) is 0 Å². The fourth-order valence-electron chi connectivity index (χ4n) is 3.26. The van der Waals surface area contributed by atoms with Crippen molar-refractivity contribution < 1.29 is 4.74 Å². The molecule has 1 aliphatic rings. The average molecular weight is 347 g/mol. The lowest BCUT2D eigenvalue weighted by atomic mass is 9.64. The van der Waals surface area contributed by atoms with Crippen LogP contribution >= 0.6 is 15.9 Å². The summed E-state index contributed by atoms with van der Waals surface area (Å²) in [5.74, 6) is 1.65. The SMILES string of the molecule is CC(C)CCOCCC1(CBr)CCC(C(C)(C)C)CC1. The van der Waals surface area contributed by atoms with Crippen molar-refractivity contribution in [3.63, 3.8) is 0 Å². The van der Waals surface area contributed by atoms with Gasteiger partial charge in [-0.2, -0.15) is 0 Å². The van der Waals surface area contributed by atoms with E-state index < -0.39 is 0 Å². The van der Waals surface area contributed by atoms with E-state index in [0.717, 1.165) is 30.4 Å². The van der Waals surface area contributed by atoms with Gasteiger partial charge in [0.25, 0.3) is 0 Å². The van der Waals surface area contributed by atoms with Crippen molar-refractivity contribution in [1.82, 2.24) is 0 Å². The molecule has 20 heavy (non-hydrogen) atoms. The first-order valence-electron chi connectivity index (χ1n) is 8.43. The van der Waals surface area contributed by atoms with E-state index in [1.165, 1.54) is 38.5 Å². The number of hydrogen-bond donors (Lipinski definition) is 0. The van der Waals surface area contributed by atoms with Crippen molar-refractivity contribution in [3.05, 3.63) is 0 Å². The molecule has 1 nitrogen and oxygen atoms in total. The fraction of sp³-hybridized carbons (Fsp3) is 1.00. The predicted octanol–water partition coefficient (Wildman–Crippen LogP) is 6.06. The minimum absolute atomic E-state index is 0.478. The lowest BCUT2D eigenvalue weighted by Crippen LogP contribution is -2.34. The first kappa shape index (κ1) is 18.5. The lowest BCUT2D eigenvalue weighted by molar-refractivity contribution is 0.0531. The molecule has 0 spiro atoms. The smallest absolute Gasteiger partial charge is 0.0471 e. The Labute approximate surface area is 135 Å². The number of ether oxygens (including phenoxy) is 1. The molecule has 1 rings (SSSR count). The van der Waals surface area contributed by atoms with Gasteiger partial charge in [0.05, 0.1) is 0 Å². The van der Waals surface area contributed by atoms with Gasteiger partial charge in [0.1, 0.15) is 0 Å². The summed E-state index contributed by atoms with van der Waals surface area (Å²) in [4.78, 5) is 0. The second-order valence-corrected chi connectivity index (χ2v) is 8.88. The molecule has 0 N–H and O–H groups in total. The third kappa shape index (κ3) is 6.05. The Hall–Kier alpha value is 0.440. The Morgan fingerprint density at radius 1 is 1.15 bits per heavy atom. The van der Waals surface area contributed by atoms with Gasteiger partial charge in [-0.1, -0.05) is 50.5 Å². The molecule has 0 amide bonds. The maximum absolute atomic E-state index is 5.85. The minimum Gasteiger partial charge on any atom is -0.381 e. The van der Waals surface area contributed by atoms with Crippen LogP contribution in [0, 0.1) is 22.7 Å². The average Bonchev–Trinajstić information content (AvgIpc) is 2.37. The maximum atomic E-state index is 5.85. The van der Waals surface area contributed by atoms with Crippen LogP contribution in [0.5, 0.6) is 0 Å². The first-order valence-corrected chi connectivity index (χ1v) is 9.55. The molecule has 0 bridgehead atoms. The van der Waals surface area contributed by atoms with Crippen LogP contribution in [-0.2, 0) is 4.74 Å². The summed E-state index contributed by atoms with van der Waals surface area (Å²) in [7, 11) is 0. The van der Waals surface area contributed by atoms with E-state index in [4.69, 9.17) is 4.74 Å². The zero-order valence-electron chi connectivity index (χ0n) is 14.3. The van der Waals surface area contributed by atoms with Gasteiger partial charge in [0.2, 0.25) is 0 Å². The molecule has 2 heteroatoms. The monoisotopic (exact) mass is 346 g/mol. The molecular formula is C18H35BrO. The number of alkyl halides is 1. The summed E-state index contributed by atoms with van der Waals surface area (Å²) in [5.41, 5.74) is 0.978. The van der Waals surface area contributed by atoms with Gasteiger partial charge in [-0.3, -0.25) is 0 Å². The second-order valence-electron chi connectivity index (χ2n) is 8.32. The van der Waals surface area contributed by atoms with E-state index in [-0.39, 0.29) is 0 Å². The third-order valence-corrected chi connectivity index (χ3v) is 6.36. The van der Waals surface area contributed by atoms with Crippen molar-refractivity contribution in [2.24, 2.45) is 22.7 Å². The standard InChI is InChI=1S/C18H35BrO/c1-15(2)8-12-20-13-11-18(14-19)9-6-16(7-10-18)17(3,4)5/h15-16H,6-14H2,1-5H3. The summed E-state index contributed by atoms with van der Waals surface area (Å²) in [6, 6.07) is 0. The Balaban J connectivity index is 2.31. The van der Waals surface area contributed by atoms with E-state index >= 15 is 0 Å². The summed E-state index contributed by atoms with van der Waals surface area (Å²) < 4.78 is 5.85. The molecular weight excluding hydrogens is 312 g/mol. The van der Waals surface area contributed by atoms with Gasteiger partial charge in [-0.05, 0) is 61.2 Å². The van der Waals surface area contributed by atoms with Crippen molar-refractivity contribution >= 4 is 15.9 Å². The van der Waals surface area contributed by atoms with Gasteiger partial charge >= 0.3 is 0 Å². The highest BCUT2D eigenvalue weighted by atomic mass is 79.9. The number of hydrogen-bond acceptors (Lipinski definition) is 1. The quantitative estimate of drug-likeness (QED) is 0.402. The molecule has 0 saturated heterocycles. The van der Waals surface area contributed by atoms with Crippen LogP contribution in [-0.4, -0.2) is 18.5 Å². The zero-order chi connectivity index (χ0) is 15.2. The van der Waals surface area contributed by atoms with Gasteiger partial charge in [0, 0.05) is 18.5 Å². The largest absolute Gasteiger partial charge is 0.381 e. The van der Waals surface area contributed by atoms with Crippen LogP contribution < -0.4 is 0 Å². The highest BCUT2D eigenvalue weighted by molar-refractivity contribution is 9.09. The van der Waals surface area contributed by atoms with E-state index in [1.807, 2.05) is 0 Å². The molecule has 0 heterocycles. The fourth-order valence-corrected chi connectivity index (χ4v) is 4.10. The molecule has 0 aliphatic heterocycles. The van der Waals surface area contributed by atoms with Gasteiger partial charge < -0.3 is 4.74 Å². The highest BCUT2D eigenvalue weighted by Gasteiger charge is 2.37. The molecule has 1 fully saturated rings. The number of halogens is 1. The van der Waals surface area contributed by atoms with E-state index in [1.54, 1.807) is 0 Å². The number of rotatable bonds is 7. The highest BCUT2D eigenvalue weighted by Crippen LogP contribution is 2.47. The Kier molecular flexibility index (Phi) is 7.56. The second kappa shape index (κ2) is 8.17. The van der Waals surface area contributed by atoms with Gasteiger partial charge in [-0.25, -0.2) is 0 Å². The normalized spacial score (nSPS) is 28.1. The van der Waals surface area contributed by atoms with Crippen LogP contribution in [0.1, 0.15) is 73.1 Å². The molecule has 0 aromatic heterocycles. The zero-order valence-corrected chi connectivity index (χ0v) is 15.9. The van der Waals surface area contributed by atoms with Crippen LogP contribution in [0.4, 0.5) is 0 Å². The maximum Gasteiger partial charge on any atom is 0.0471 e. The Morgan fingerprint density at radius 2 is 1.75 bits per heavy atom. The third-order valence-electron chi connectivity index (χ3n) is 5.17. The molecule has 0 aromatic rings. The molecule has 0 radical (unpaired) electrons. The molecule has 1 saturated carbocycles. The van der Waals surface area contributed by atoms with E-state index in [2.05, 4.69) is 50.5 Å². The minimum atomic E-state index is 0.478. The summed E-state index contributed by atoms with van der Waals surface area (Å²) >= 11 is 3.78. The first-order chi connectivity index (χ1) is 9.29. The van der Waals surface area contributed by atoms with Crippen molar-refractivity contribution in [3.8, 4) is 0 Å². The van der Waals surface area contributed by atoms with Crippen LogP contribution in [0.2, 0.25) is 0 Å². The van der Waals surface area contributed by atoms with E-state index in [9.17, 15) is 0 Å². The van der Waals surface area contributed by atoms with Crippen molar-refractivity contribution in [1.29, 1.82) is 0 Å². The van der Waals surface area contributed by atoms with Crippen molar-refractivity contribution in [2.45, 2.75) is 73.1 Å². The summed E-state index contributed by atoms with van der Waals surface area (Å²) in [6.07, 6.45) is 7.93. The summed E-state index contributed by atoms with van der Waals surface area (Å²) in [6.45, 7) is 13.6. The van der Waals surface area contributed by atoms with E-state index in [0.29, 0.717) is 10.8 Å². The topological polar surface area (TPSA) is 9.23 Å². The summed E-state index contributed by atoms with van der Waals surface area (Å²) in [5, 5.41) is 1.14. The predicted molar refractivity (Wildman–Crippen MR) is 92.5 cm³/mol. The van der Waals surface area contributed by atoms with Crippen LogP contribution in [0.15, 0.2) is 0 Å². The van der Waals surface area contributed by atoms with Crippen LogP contribution in [0.3, 0.4) is 0 Å². The molecule has 120 valence electrons. The van der Waals surface area contributed by atoms with Gasteiger partial charge in [0.15, 0.2) is 0 Å². The molecule has 0 unspecified atom stereocenters. The van der Waals surface area contributed by atoms with Crippen molar-refractivity contribution in [2.75, 3.05) is 18.5 Å². The molecule has 0 aromatic carbocycles. The molecule has 0 atom stereocenters. The Morgan fingerprint density at radius 3 is 2.20 bits per heavy atom. The van der Waals surface area contributed by atoms with Gasteiger partial charge in [-0.15, -0.1) is 0 Å². The molecule has 1 aliphatic carbocycles. The lowest BCUT2D eigenvalue weighted by Gasteiger charge is -2.43.